The van der Waals surface area contributed by atoms with Gasteiger partial charge in [0, 0.05) is 17.4 Å². The number of carboxylic acids is 1. The molecule has 1 heterocycles. The zero-order chi connectivity index (χ0) is 14.8. The molecule has 0 atom stereocenters. The number of carboxylic acid groups (broad SMARTS) is 1. The van der Waals surface area contributed by atoms with Gasteiger partial charge in [0.2, 0.25) is 0 Å². The molecule has 1 aromatic heterocycles. The third-order valence-electron chi connectivity index (χ3n) is 3.22. The molecule has 2 aromatic carbocycles. The minimum atomic E-state index is -1.04. The van der Waals surface area contributed by atoms with E-state index in [2.05, 4.69) is 5.10 Å². The van der Waals surface area contributed by atoms with E-state index in [1.54, 1.807) is 23.0 Å². The second-order valence-electron chi connectivity index (χ2n) is 4.62. The molecule has 21 heavy (non-hydrogen) atoms. The van der Waals surface area contributed by atoms with Crippen LogP contribution in [0.5, 0.6) is 0 Å². The van der Waals surface area contributed by atoms with Crippen molar-refractivity contribution in [3.8, 4) is 16.8 Å². The lowest BCUT2D eigenvalue weighted by atomic mass is 10.1. The Balaban J connectivity index is 1.97. The molecule has 0 unspecified atom stereocenters. The fourth-order valence-electron chi connectivity index (χ4n) is 2.13. The van der Waals surface area contributed by atoms with Crippen molar-refractivity contribution >= 4 is 11.7 Å². The second-order valence-corrected chi connectivity index (χ2v) is 4.62. The number of nitrogen functional groups attached to an aromatic ring is 1. The van der Waals surface area contributed by atoms with Crippen LogP contribution in [0.25, 0.3) is 16.8 Å². The molecular formula is C16H13N3O2. The molecular weight excluding hydrogens is 266 g/mol. The van der Waals surface area contributed by atoms with Crippen LogP contribution in [0.1, 0.15) is 10.4 Å². The zero-order valence-corrected chi connectivity index (χ0v) is 11.1. The molecule has 0 saturated heterocycles. The highest BCUT2D eigenvalue weighted by atomic mass is 16.4. The first-order valence-corrected chi connectivity index (χ1v) is 6.38. The van der Waals surface area contributed by atoms with Gasteiger partial charge in [0.15, 0.2) is 0 Å². The molecule has 0 aliphatic carbocycles. The van der Waals surface area contributed by atoms with Gasteiger partial charge in [-0.15, -0.1) is 0 Å². The summed E-state index contributed by atoms with van der Waals surface area (Å²) in [6, 6.07) is 14.7. The van der Waals surface area contributed by atoms with Crippen molar-refractivity contribution in [2.24, 2.45) is 0 Å². The average molecular weight is 279 g/mol. The molecule has 0 aliphatic heterocycles. The Hall–Kier alpha value is -3.08. The van der Waals surface area contributed by atoms with Crippen LogP contribution in [0.4, 0.5) is 5.69 Å². The van der Waals surface area contributed by atoms with Crippen molar-refractivity contribution in [1.82, 2.24) is 9.78 Å². The summed E-state index contributed by atoms with van der Waals surface area (Å²) in [5.74, 6) is -1.04. The van der Waals surface area contributed by atoms with Gasteiger partial charge in [-0.1, -0.05) is 30.3 Å². The Morgan fingerprint density at radius 3 is 2.52 bits per heavy atom. The number of anilines is 1. The van der Waals surface area contributed by atoms with Crippen LogP contribution in [0.2, 0.25) is 0 Å². The maximum absolute atomic E-state index is 11.0. The molecule has 0 bridgehead atoms. The minimum absolute atomic E-state index is 0.0918. The standard InChI is InChI=1S/C16H13N3O2/c17-15-8-13(6-7-14(15)16(20)21)19-10-12(9-18-19)11-4-2-1-3-5-11/h1-10H,17H2,(H,20,21). The van der Waals surface area contributed by atoms with E-state index in [9.17, 15) is 4.79 Å². The van der Waals surface area contributed by atoms with Gasteiger partial charge in [-0.05, 0) is 23.8 Å². The van der Waals surface area contributed by atoms with Crippen LogP contribution < -0.4 is 5.73 Å². The number of hydrogen-bond acceptors (Lipinski definition) is 3. The summed E-state index contributed by atoms with van der Waals surface area (Å²) < 4.78 is 1.67. The van der Waals surface area contributed by atoms with Crippen molar-refractivity contribution in [2.75, 3.05) is 5.73 Å². The van der Waals surface area contributed by atoms with Gasteiger partial charge < -0.3 is 10.8 Å². The normalized spacial score (nSPS) is 10.5. The number of carbonyl (C=O) groups is 1. The number of nitrogens with zero attached hydrogens (tertiary/aromatic N) is 2. The highest BCUT2D eigenvalue weighted by molar-refractivity contribution is 5.94. The number of hydrogen-bond donors (Lipinski definition) is 2. The monoisotopic (exact) mass is 279 g/mol. The van der Waals surface area contributed by atoms with Gasteiger partial charge in [0.05, 0.1) is 17.4 Å². The molecule has 0 saturated carbocycles. The molecule has 0 spiro atoms. The Morgan fingerprint density at radius 2 is 1.86 bits per heavy atom. The number of aromatic nitrogens is 2. The van der Waals surface area contributed by atoms with Crippen molar-refractivity contribution < 1.29 is 9.90 Å². The lowest BCUT2D eigenvalue weighted by Gasteiger charge is -2.05. The van der Waals surface area contributed by atoms with Crippen LogP contribution in [-0.4, -0.2) is 20.9 Å². The Morgan fingerprint density at radius 1 is 1.10 bits per heavy atom. The summed E-state index contributed by atoms with van der Waals surface area (Å²) in [6.07, 6.45) is 3.64. The zero-order valence-electron chi connectivity index (χ0n) is 11.1. The van der Waals surface area contributed by atoms with Crippen LogP contribution in [0.15, 0.2) is 60.9 Å². The van der Waals surface area contributed by atoms with Gasteiger partial charge in [-0.25, -0.2) is 9.48 Å². The first kappa shape index (κ1) is 12.9. The lowest BCUT2D eigenvalue weighted by Crippen LogP contribution is -2.04. The smallest absolute Gasteiger partial charge is 0.337 e. The molecule has 0 radical (unpaired) electrons. The number of nitrogens with two attached hydrogens (primary N) is 1. The van der Waals surface area contributed by atoms with Crippen molar-refractivity contribution in [3.63, 3.8) is 0 Å². The van der Waals surface area contributed by atoms with Crippen molar-refractivity contribution in [1.29, 1.82) is 0 Å². The highest BCUT2D eigenvalue weighted by Gasteiger charge is 2.09. The summed E-state index contributed by atoms with van der Waals surface area (Å²) in [5, 5.41) is 13.3. The first-order valence-electron chi connectivity index (χ1n) is 6.38. The number of rotatable bonds is 3. The predicted octanol–water partition coefficient (Wildman–Crippen LogP) is 2.82. The van der Waals surface area contributed by atoms with Crippen molar-refractivity contribution in [3.05, 3.63) is 66.5 Å². The Labute approximate surface area is 121 Å². The predicted molar refractivity (Wildman–Crippen MR) is 80.4 cm³/mol. The maximum atomic E-state index is 11.0. The summed E-state index contributed by atoms with van der Waals surface area (Å²) in [5.41, 5.74) is 8.84. The molecule has 5 heteroatoms. The van der Waals surface area contributed by atoms with Gasteiger partial charge in [-0.2, -0.15) is 5.10 Å². The summed E-state index contributed by atoms with van der Waals surface area (Å²) in [6.45, 7) is 0. The molecule has 0 fully saturated rings. The van der Waals surface area contributed by atoms with Crippen LogP contribution in [-0.2, 0) is 0 Å². The van der Waals surface area contributed by atoms with E-state index >= 15 is 0 Å². The van der Waals surface area contributed by atoms with Crippen molar-refractivity contribution in [2.45, 2.75) is 0 Å². The highest BCUT2D eigenvalue weighted by Crippen LogP contribution is 2.21. The molecule has 3 aromatic rings. The molecule has 0 amide bonds. The summed E-state index contributed by atoms with van der Waals surface area (Å²) >= 11 is 0. The van der Waals surface area contributed by atoms with E-state index in [-0.39, 0.29) is 11.3 Å². The molecule has 0 aliphatic rings. The molecule has 3 N–H and O–H groups in total. The summed E-state index contributed by atoms with van der Waals surface area (Å²) in [4.78, 5) is 11.0. The fraction of sp³-hybridized carbons (Fsp3) is 0. The van der Waals surface area contributed by atoms with Crippen LogP contribution >= 0.6 is 0 Å². The van der Waals surface area contributed by atoms with E-state index in [4.69, 9.17) is 10.8 Å². The van der Waals surface area contributed by atoms with E-state index in [1.807, 2.05) is 36.5 Å². The van der Waals surface area contributed by atoms with Gasteiger partial charge in [-0.3, -0.25) is 0 Å². The van der Waals surface area contributed by atoms with Crippen LogP contribution in [0.3, 0.4) is 0 Å². The molecule has 3 rings (SSSR count). The minimum Gasteiger partial charge on any atom is -0.478 e. The van der Waals surface area contributed by atoms with E-state index in [0.717, 1.165) is 16.8 Å². The number of benzene rings is 2. The first-order chi connectivity index (χ1) is 10.1. The SMILES string of the molecule is Nc1cc(-n2cc(-c3ccccc3)cn2)ccc1C(=O)O. The van der Waals surface area contributed by atoms with E-state index in [0.29, 0.717) is 0 Å². The third kappa shape index (κ3) is 2.49. The maximum Gasteiger partial charge on any atom is 0.337 e. The largest absolute Gasteiger partial charge is 0.478 e. The fourth-order valence-corrected chi connectivity index (χ4v) is 2.13. The molecule has 104 valence electrons. The second kappa shape index (κ2) is 5.13. The Bertz CT molecular complexity index is 794. The van der Waals surface area contributed by atoms with Crippen LogP contribution in [0, 0.1) is 0 Å². The topological polar surface area (TPSA) is 81.1 Å². The van der Waals surface area contributed by atoms with Gasteiger partial charge in [0.1, 0.15) is 0 Å². The van der Waals surface area contributed by atoms with Gasteiger partial charge in [0.25, 0.3) is 0 Å². The lowest BCUT2D eigenvalue weighted by molar-refractivity contribution is 0.0698. The van der Waals surface area contributed by atoms with E-state index in [1.165, 1.54) is 6.07 Å². The molecule has 5 nitrogen and oxygen atoms in total. The van der Waals surface area contributed by atoms with E-state index < -0.39 is 5.97 Å². The average Bonchev–Trinajstić information content (AvgIpc) is 2.97. The summed E-state index contributed by atoms with van der Waals surface area (Å²) in [7, 11) is 0. The quantitative estimate of drug-likeness (QED) is 0.722. The number of aromatic carboxylic acids is 1. The Kier molecular flexibility index (Phi) is 3.16. The third-order valence-corrected chi connectivity index (χ3v) is 3.22. The van der Waals surface area contributed by atoms with Gasteiger partial charge >= 0.3 is 5.97 Å².